The Morgan fingerprint density at radius 3 is 3.06 bits per heavy atom. The zero-order valence-electron chi connectivity index (χ0n) is 11.0. The molecule has 0 radical (unpaired) electrons. The summed E-state index contributed by atoms with van der Waals surface area (Å²) in [6.07, 6.45) is 5.13. The van der Waals surface area contributed by atoms with Crippen molar-refractivity contribution in [2.24, 2.45) is 0 Å². The van der Waals surface area contributed by atoms with Crippen molar-refractivity contribution in [2.75, 3.05) is 12.3 Å². The molecule has 1 fully saturated rings. The van der Waals surface area contributed by atoms with Crippen molar-refractivity contribution in [1.29, 1.82) is 0 Å². The fourth-order valence-electron chi connectivity index (χ4n) is 2.50. The van der Waals surface area contributed by atoms with Gasteiger partial charge in [0.15, 0.2) is 0 Å². The fourth-order valence-corrected chi connectivity index (χ4v) is 4.34. The summed E-state index contributed by atoms with van der Waals surface area (Å²) in [4.78, 5) is 0. The van der Waals surface area contributed by atoms with E-state index in [1.807, 2.05) is 0 Å². The highest BCUT2D eigenvalue weighted by molar-refractivity contribution is 9.10. The summed E-state index contributed by atoms with van der Waals surface area (Å²) < 4.78 is 1.19. The lowest BCUT2D eigenvalue weighted by Gasteiger charge is -2.24. The molecule has 1 nitrogen and oxygen atoms in total. The summed E-state index contributed by atoms with van der Waals surface area (Å²) in [5, 5.41) is 4.54. The van der Waals surface area contributed by atoms with Crippen LogP contribution < -0.4 is 5.32 Å². The Morgan fingerprint density at radius 1 is 1.50 bits per heavy atom. The molecule has 1 aliphatic heterocycles. The van der Waals surface area contributed by atoms with Crippen LogP contribution in [0.2, 0.25) is 0 Å². The Labute approximate surface area is 123 Å². The summed E-state index contributed by atoms with van der Waals surface area (Å²) in [6, 6.07) is 9.36. The van der Waals surface area contributed by atoms with Gasteiger partial charge in [-0.05, 0) is 55.7 Å². The van der Waals surface area contributed by atoms with Crippen LogP contribution in [0.1, 0.15) is 31.7 Å². The summed E-state index contributed by atoms with van der Waals surface area (Å²) in [7, 11) is 0. The molecular formula is C15H22BrNS. The van der Waals surface area contributed by atoms with Gasteiger partial charge in [0.2, 0.25) is 0 Å². The quantitative estimate of drug-likeness (QED) is 0.838. The van der Waals surface area contributed by atoms with Crippen LogP contribution in [-0.4, -0.2) is 23.6 Å². The van der Waals surface area contributed by atoms with Gasteiger partial charge >= 0.3 is 0 Å². The maximum absolute atomic E-state index is 3.74. The van der Waals surface area contributed by atoms with E-state index in [1.54, 1.807) is 0 Å². The van der Waals surface area contributed by atoms with Gasteiger partial charge in [-0.3, -0.25) is 0 Å². The molecule has 1 saturated heterocycles. The number of halogens is 1. The SMILES string of the molecule is CCCNC(Cc1cccc(Br)c1)C1CCCS1. The van der Waals surface area contributed by atoms with Crippen LogP contribution in [0.5, 0.6) is 0 Å². The highest BCUT2D eigenvalue weighted by atomic mass is 79.9. The molecule has 2 rings (SSSR count). The van der Waals surface area contributed by atoms with E-state index in [0.717, 1.165) is 18.2 Å². The second-order valence-corrected chi connectivity index (χ2v) is 7.21. The van der Waals surface area contributed by atoms with Gasteiger partial charge in [-0.2, -0.15) is 11.8 Å². The molecule has 3 heteroatoms. The lowest BCUT2D eigenvalue weighted by Crippen LogP contribution is -2.39. The van der Waals surface area contributed by atoms with E-state index in [2.05, 4.69) is 64.2 Å². The zero-order valence-corrected chi connectivity index (χ0v) is 13.4. The van der Waals surface area contributed by atoms with Crippen LogP contribution >= 0.6 is 27.7 Å². The van der Waals surface area contributed by atoms with Crippen LogP contribution in [-0.2, 0) is 6.42 Å². The smallest absolute Gasteiger partial charge is 0.0226 e. The fraction of sp³-hybridized carbons (Fsp3) is 0.600. The Balaban J connectivity index is 1.99. The summed E-state index contributed by atoms with van der Waals surface area (Å²) in [5.74, 6) is 1.34. The molecule has 1 heterocycles. The molecule has 1 aliphatic rings. The highest BCUT2D eigenvalue weighted by Crippen LogP contribution is 2.30. The van der Waals surface area contributed by atoms with Gasteiger partial charge in [0.1, 0.15) is 0 Å². The molecular weight excluding hydrogens is 306 g/mol. The number of hydrogen-bond donors (Lipinski definition) is 1. The second-order valence-electron chi connectivity index (χ2n) is 4.95. The van der Waals surface area contributed by atoms with E-state index in [9.17, 15) is 0 Å². The molecule has 0 bridgehead atoms. The summed E-state index contributed by atoms with van der Waals surface area (Å²) in [5.41, 5.74) is 1.44. The van der Waals surface area contributed by atoms with Crippen molar-refractivity contribution in [3.8, 4) is 0 Å². The van der Waals surface area contributed by atoms with Gasteiger partial charge < -0.3 is 5.32 Å². The number of benzene rings is 1. The molecule has 0 aromatic heterocycles. The molecule has 18 heavy (non-hydrogen) atoms. The normalized spacial score (nSPS) is 21.1. The first-order valence-electron chi connectivity index (χ1n) is 6.89. The van der Waals surface area contributed by atoms with Crippen molar-refractivity contribution < 1.29 is 0 Å². The third-order valence-electron chi connectivity index (χ3n) is 3.41. The van der Waals surface area contributed by atoms with Crippen LogP contribution in [0.4, 0.5) is 0 Å². The number of hydrogen-bond acceptors (Lipinski definition) is 2. The summed E-state index contributed by atoms with van der Waals surface area (Å²) in [6.45, 7) is 3.38. The third-order valence-corrected chi connectivity index (χ3v) is 5.42. The Morgan fingerprint density at radius 2 is 2.39 bits per heavy atom. The molecule has 0 spiro atoms. The van der Waals surface area contributed by atoms with Crippen molar-refractivity contribution in [2.45, 2.75) is 43.9 Å². The van der Waals surface area contributed by atoms with E-state index in [1.165, 1.54) is 35.1 Å². The molecule has 0 amide bonds. The van der Waals surface area contributed by atoms with E-state index < -0.39 is 0 Å². The Bertz CT molecular complexity index is 363. The van der Waals surface area contributed by atoms with Crippen molar-refractivity contribution in [3.63, 3.8) is 0 Å². The molecule has 2 unspecified atom stereocenters. The van der Waals surface area contributed by atoms with Crippen molar-refractivity contribution >= 4 is 27.7 Å². The van der Waals surface area contributed by atoms with Crippen molar-refractivity contribution in [3.05, 3.63) is 34.3 Å². The van der Waals surface area contributed by atoms with Gasteiger partial charge in [0, 0.05) is 15.8 Å². The van der Waals surface area contributed by atoms with Gasteiger partial charge in [-0.15, -0.1) is 0 Å². The topological polar surface area (TPSA) is 12.0 Å². The molecule has 1 aromatic carbocycles. The first-order valence-corrected chi connectivity index (χ1v) is 8.73. The Hall–Kier alpha value is 0.01000. The largest absolute Gasteiger partial charge is 0.313 e. The molecule has 2 atom stereocenters. The maximum Gasteiger partial charge on any atom is 0.0226 e. The lowest BCUT2D eigenvalue weighted by atomic mass is 10.0. The summed E-state index contributed by atoms with van der Waals surface area (Å²) >= 11 is 5.71. The maximum atomic E-state index is 3.74. The van der Waals surface area contributed by atoms with E-state index in [4.69, 9.17) is 0 Å². The van der Waals surface area contributed by atoms with Crippen LogP contribution in [0.15, 0.2) is 28.7 Å². The molecule has 100 valence electrons. The first kappa shape index (κ1) is 14.4. The molecule has 1 aromatic rings. The minimum atomic E-state index is 0.631. The minimum Gasteiger partial charge on any atom is -0.313 e. The standard InChI is InChI=1S/C15H22BrNS/c1-2-8-17-14(15-7-4-9-18-15)11-12-5-3-6-13(16)10-12/h3,5-6,10,14-15,17H,2,4,7-9,11H2,1H3. The third kappa shape index (κ3) is 4.29. The van der Waals surface area contributed by atoms with Gasteiger partial charge in [0.05, 0.1) is 0 Å². The molecule has 0 saturated carbocycles. The number of thioether (sulfide) groups is 1. The van der Waals surface area contributed by atoms with Crippen LogP contribution in [0, 0.1) is 0 Å². The highest BCUT2D eigenvalue weighted by Gasteiger charge is 2.25. The number of rotatable bonds is 6. The second kappa shape index (κ2) is 7.56. The van der Waals surface area contributed by atoms with E-state index >= 15 is 0 Å². The average Bonchev–Trinajstić information content (AvgIpc) is 2.88. The van der Waals surface area contributed by atoms with Gasteiger partial charge in [-0.1, -0.05) is 35.0 Å². The van der Waals surface area contributed by atoms with Crippen molar-refractivity contribution in [1.82, 2.24) is 5.32 Å². The van der Waals surface area contributed by atoms with Gasteiger partial charge in [0.25, 0.3) is 0 Å². The predicted molar refractivity (Wildman–Crippen MR) is 85.4 cm³/mol. The first-order chi connectivity index (χ1) is 8.79. The van der Waals surface area contributed by atoms with E-state index in [0.29, 0.717) is 6.04 Å². The lowest BCUT2D eigenvalue weighted by molar-refractivity contribution is 0.482. The minimum absolute atomic E-state index is 0.631. The van der Waals surface area contributed by atoms with Crippen LogP contribution in [0.25, 0.3) is 0 Å². The number of nitrogens with one attached hydrogen (secondary N) is 1. The average molecular weight is 328 g/mol. The molecule has 0 aliphatic carbocycles. The zero-order chi connectivity index (χ0) is 12.8. The molecule has 1 N–H and O–H groups in total. The van der Waals surface area contributed by atoms with Crippen LogP contribution in [0.3, 0.4) is 0 Å². The van der Waals surface area contributed by atoms with Gasteiger partial charge in [-0.25, -0.2) is 0 Å². The monoisotopic (exact) mass is 327 g/mol. The Kier molecular flexibility index (Phi) is 6.06. The van der Waals surface area contributed by atoms with E-state index in [-0.39, 0.29) is 0 Å². The predicted octanol–water partition coefficient (Wildman–Crippen LogP) is 4.26.